The lowest BCUT2D eigenvalue weighted by molar-refractivity contribution is 0.420. The van der Waals surface area contributed by atoms with E-state index >= 15 is 0 Å². The molecule has 0 spiro atoms. The Bertz CT molecular complexity index is 1350. The van der Waals surface area contributed by atoms with Gasteiger partial charge in [-0.2, -0.15) is 10.2 Å². The van der Waals surface area contributed by atoms with Gasteiger partial charge in [0.1, 0.15) is 11.6 Å². The number of thiocarbonyl (C=S) groups is 1. The Morgan fingerprint density at radius 3 is 2.44 bits per heavy atom. The van der Waals surface area contributed by atoms with Crippen LogP contribution in [0.4, 0.5) is 33.5 Å². The van der Waals surface area contributed by atoms with Crippen LogP contribution in [-0.2, 0) is 13.1 Å². The second-order valence-electron chi connectivity index (χ2n) is 7.05. The summed E-state index contributed by atoms with van der Waals surface area (Å²) in [7, 11) is 0. The molecule has 0 saturated heterocycles. The number of nitrogens with one attached hydrogen (secondary N) is 2. The van der Waals surface area contributed by atoms with Crippen LogP contribution in [0.2, 0.25) is 5.02 Å². The molecule has 0 radical (unpaired) electrons. The lowest BCUT2D eigenvalue weighted by Gasteiger charge is -2.08. The van der Waals surface area contributed by atoms with E-state index in [0.29, 0.717) is 17.1 Å². The van der Waals surface area contributed by atoms with Gasteiger partial charge < -0.3 is 10.6 Å². The summed E-state index contributed by atoms with van der Waals surface area (Å²) in [5.41, 5.74) is -0.0194. The molecule has 0 atom stereocenters. The minimum Gasteiger partial charge on any atom is -0.330 e. The SMILES string of the molecule is Fc1cc(F)c(Cn2cc(NC(=S)Nc3ccn(Cc4c(F)cccc4Cl)n3)cn2)c(F)c1F. The first-order valence-electron chi connectivity index (χ1n) is 9.60. The van der Waals surface area contributed by atoms with Crippen LogP contribution in [0.3, 0.4) is 0 Å². The maximum atomic E-state index is 14.0. The van der Waals surface area contributed by atoms with Crippen molar-refractivity contribution in [3.8, 4) is 0 Å². The zero-order chi connectivity index (χ0) is 24.4. The molecule has 0 fully saturated rings. The number of hydrogen-bond acceptors (Lipinski definition) is 3. The molecular formula is C21H14ClF5N6S. The molecule has 2 heterocycles. The molecule has 0 bridgehead atoms. The summed E-state index contributed by atoms with van der Waals surface area (Å²) in [6, 6.07) is 6.28. The highest BCUT2D eigenvalue weighted by molar-refractivity contribution is 7.80. The average Bonchev–Trinajstić information content (AvgIpc) is 3.41. The molecule has 0 unspecified atom stereocenters. The van der Waals surface area contributed by atoms with Gasteiger partial charge in [-0.15, -0.1) is 0 Å². The quantitative estimate of drug-likeness (QED) is 0.158. The molecule has 0 aliphatic heterocycles. The van der Waals surface area contributed by atoms with E-state index in [9.17, 15) is 22.0 Å². The molecule has 2 aromatic carbocycles. The lowest BCUT2D eigenvalue weighted by atomic mass is 10.2. The Balaban J connectivity index is 1.37. The standard InChI is InChI=1S/C21H14ClF5N6S/c22-14-2-1-3-15(23)12(14)9-32-5-4-18(31-32)30-21(34)29-11-7-28-33(8-11)10-13-16(24)6-17(25)20(27)19(13)26/h1-8H,9-10H2,(H2,29,30,31,34). The van der Waals surface area contributed by atoms with E-state index in [0.717, 1.165) is 4.68 Å². The van der Waals surface area contributed by atoms with Crippen molar-refractivity contribution in [2.45, 2.75) is 13.1 Å². The molecular weight excluding hydrogens is 499 g/mol. The molecule has 2 aromatic heterocycles. The number of aromatic nitrogens is 4. The first kappa shape index (κ1) is 23.6. The van der Waals surface area contributed by atoms with E-state index < -0.39 is 41.2 Å². The van der Waals surface area contributed by atoms with Crippen molar-refractivity contribution in [1.29, 1.82) is 0 Å². The zero-order valence-electron chi connectivity index (χ0n) is 17.0. The van der Waals surface area contributed by atoms with Crippen LogP contribution in [0.15, 0.2) is 48.9 Å². The Morgan fingerprint density at radius 2 is 1.68 bits per heavy atom. The summed E-state index contributed by atoms with van der Waals surface area (Å²) in [6.45, 7) is -0.364. The molecule has 0 amide bonds. The average molecular weight is 513 g/mol. The van der Waals surface area contributed by atoms with E-state index in [1.807, 2.05) is 0 Å². The normalized spacial score (nSPS) is 11.0. The fraction of sp³-hybridized carbons (Fsp3) is 0.0952. The Hall–Kier alpha value is -3.51. The van der Waals surface area contributed by atoms with Crippen molar-refractivity contribution in [3.63, 3.8) is 0 Å². The zero-order valence-corrected chi connectivity index (χ0v) is 18.6. The highest BCUT2D eigenvalue weighted by Gasteiger charge is 2.19. The van der Waals surface area contributed by atoms with Gasteiger partial charge in [-0.25, -0.2) is 22.0 Å². The van der Waals surface area contributed by atoms with E-state index in [4.69, 9.17) is 23.8 Å². The van der Waals surface area contributed by atoms with Crippen LogP contribution < -0.4 is 10.6 Å². The van der Waals surface area contributed by atoms with Gasteiger partial charge in [0.25, 0.3) is 0 Å². The van der Waals surface area contributed by atoms with E-state index in [1.165, 1.54) is 29.2 Å². The summed E-state index contributed by atoms with van der Waals surface area (Å²) in [5.74, 6) is -6.31. The van der Waals surface area contributed by atoms with Gasteiger partial charge in [-0.05, 0) is 24.4 Å². The number of benzene rings is 2. The topological polar surface area (TPSA) is 59.7 Å². The number of rotatable bonds is 6. The monoisotopic (exact) mass is 512 g/mol. The Morgan fingerprint density at radius 1 is 0.912 bits per heavy atom. The van der Waals surface area contributed by atoms with Gasteiger partial charge in [-0.1, -0.05) is 17.7 Å². The molecule has 0 aliphatic rings. The van der Waals surface area contributed by atoms with Crippen LogP contribution in [0.25, 0.3) is 0 Å². The molecule has 0 saturated carbocycles. The molecule has 176 valence electrons. The van der Waals surface area contributed by atoms with Crippen molar-refractivity contribution in [2.24, 2.45) is 0 Å². The fourth-order valence-electron chi connectivity index (χ4n) is 3.07. The fourth-order valence-corrected chi connectivity index (χ4v) is 3.51. The van der Waals surface area contributed by atoms with Crippen LogP contribution in [0, 0.1) is 29.1 Å². The van der Waals surface area contributed by atoms with Gasteiger partial charge >= 0.3 is 0 Å². The molecule has 2 N–H and O–H groups in total. The summed E-state index contributed by atoms with van der Waals surface area (Å²) in [6.07, 6.45) is 4.30. The lowest BCUT2D eigenvalue weighted by Crippen LogP contribution is -2.19. The van der Waals surface area contributed by atoms with Crippen molar-refractivity contribution < 1.29 is 22.0 Å². The predicted octanol–water partition coefficient (Wildman–Crippen LogP) is 5.33. The summed E-state index contributed by atoms with van der Waals surface area (Å²) < 4.78 is 70.8. The molecule has 13 heteroatoms. The van der Waals surface area contributed by atoms with Gasteiger partial charge in [0.2, 0.25) is 0 Å². The number of hydrogen-bond donors (Lipinski definition) is 2. The highest BCUT2D eigenvalue weighted by atomic mass is 35.5. The van der Waals surface area contributed by atoms with Crippen molar-refractivity contribution in [1.82, 2.24) is 19.6 Å². The largest absolute Gasteiger partial charge is 0.330 e. The highest BCUT2D eigenvalue weighted by Crippen LogP contribution is 2.21. The van der Waals surface area contributed by atoms with Gasteiger partial charge in [0.15, 0.2) is 28.4 Å². The smallest absolute Gasteiger partial charge is 0.194 e. The van der Waals surface area contributed by atoms with E-state index in [1.54, 1.807) is 18.3 Å². The van der Waals surface area contributed by atoms with E-state index in [-0.39, 0.29) is 22.7 Å². The third-order valence-electron chi connectivity index (χ3n) is 4.68. The van der Waals surface area contributed by atoms with Gasteiger partial charge in [-0.3, -0.25) is 9.36 Å². The van der Waals surface area contributed by atoms with Crippen molar-refractivity contribution in [2.75, 3.05) is 10.6 Å². The van der Waals surface area contributed by atoms with Crippen molar-refractivity contribution >= 4 is 40.4 Å². The molecule has 34 heavy (non-hydrogen) atoms. The Labute approximate surface area is 200 Å². The van der Waals surface area contributed by atoms with Crippen LogP contribution in [0.5, 0.6) is 0 Å². The molecule has 0 aliphatic carbocycles. The Kier molecular flexibility index (Phi) is 6.80. The third kappa shape index (κ3) is 5.18. The molecule has 4 aromatic rings. The first-order valence-corrected chi connectivity index (χ1v) is 10.4. The minimum atomic E-state index is -1.76. The third-order valence-corrected chi connectivity index (χ3v) is 5.24. The van der Waals surface area contributed by atoms with Crippen LogP contribution in [-0.4, -0.2) is 24.7 Å². The maximum Gasteiger partial charge on any atom is 0.194 e. The summed E-state index contributed by atoms with van der Waals surface area (Å²) >= 11 is 11.2. The van der Waals surface area contributed by atoms with Crippen LogP contribution >= 0.6 is 23.8 Å². The molecule has 6 nitrogen and oxygen atoms in total. The number of nitrogens with zero attached hydrogens (tertiary/aromatic N) is 4. The maximum absolute atomic E-state index is 14.0. The second-order valence-corrected chi connectivity index (χ2v) is 7.87. The van der Waals surface area contributed by atoms with Gasteiger partial charge in [0.05, 0.1) is 25.0 Å². The summed E-state index contributed by atoms with van der Waals surface area (Å²) in [5, 5.41) is 14.2. The molecule has 4 rings (SSSR count). The van der Waals surface area contributed by atoms with Gasteiger partial charge in [0, 0.05) is 40.7 Å². The minimum absolute atomic E-state index is 0.108. The second kappa shape index (κ2) is 9.77. The van der Waals surface area contributed by atoms with Crippen molar-refractivity contribution in [3.05, 3.63) is 94.2 Å². The predicted molar refractivity (Wildman–Crippen MR) is 120 cm³/mol. The van der Waals surface area contributed by atoms with Crippen LogP contribution in [0.1, 0.15) is 11.1 Å². The number of anilines is 2. The first-order chi connectivity index (χ1) is 16.2. The summed E-state index contributed by atoms with van der Waals surface area (Å²) in [4.78, 5) is 0. The van der Waals surface area contributed by atoms with E-state index in [2.05, 4.69) is 20.8 Å². The number of halogens is 6.